The number of aromatic amines is 1. The number of amides is 1. The van der Waals surface area contributed by atoms with Crippen LogP contribution in [0.5, 0.6) is 0 Å². The number of hydrogen-bond acceptors (Lipinski definition) is 8. The maximum absolute atomic E-state index is 13.0. The molecule has 33 heavy (non-hydrogen) atoms. The fourth-order valence-electron chi connectivity index (χ4n) is 3.14. The van der Waals surface area contributed by atoms with Crippen LogP contribution in [0.4, 0.5) is 5.69 Å². The fraction of sp³-hybridized carbons (Fsp3) is 0.263. The van der Waals surface area contributed by atoms with Crippen LogP contribution in [0.3, 0.4) is 0 Å². The van der Waals surface area contributed by atoms with Crippen molar-refractivity contribution in [2.24, 2.45) is 5.10 Å². The molecule has 11 nitrogen and oxygen atoms in total. The quantitative estimate of drug-likeness (QED) is 0.228. The normalized spacial score (nSPS) is 14.6. The zero-order valence-corrected chi connectivity index (χ0v) is 23.4. The van der Waals surface area contributed by atoms with Gasteiger partial charge in [0.1, 0.15) is 10.1 Å². The van der Waals surface area contributed by atoms with Crippen molar-refractivity contribution in [2.45, 2.75) is 38.1 Å². The Kier molecular flexibility index (Phi) is 10.5. The SMILES string of the molecule is CCC1=NN(c2ccc(S(=O)(=O)[O-])cc2)C(=O)C1=Cc1c(CC)[nH]n(CC(=O)[O-])c1=O.[Na+].[Na+]. The number of benzene rings is 1. The summed E-state index contributed by atoms with van der Waals surface area (Å²) in [5.41, 5.74) is 0.758. The van der Waals surface area contributed by atoms with Crippen molar-refractivity contribution in [1.29, 1.82) is 0 Å². The number of carbonyl (C=O) groups is 2. The molecule has 3 rings (SSSR count). The Labute approximate surface area is 233 Å². The van der Waals surface area contributed by atoms with E-state index in [0.717, 1.165) is 21.8 Å². The molecule has 0 fully saturated rings. The minimum atomic E-state index is -4.63. The van der Waals surface area contributed by atoms with E-state index in [0.29, 0.717) is 24.2 Å². The van der Waals surface area contributed by atoms with E-state index in [4.69, 9.17) is 0 Å². The summed E-state index contributed by atoms with van der Waals surface area (Å²) in [6.07, 6.45) is 2.11. The molecule has 1 aliphatic rings. The van der Waals surface area contributed by atoms with Gasteiger partial charge in [0.05, 0.1) is 39.9 Å². The Morgan fingerprint density at radius 2 is 1.73 bits per heavy atom. The minimum absolute atomic E-state index is 0. The van der Waals surface area contributed by atoms with Crippen LogP contribution in [0.1, 0.15) is 31.5 Å². The number of nitrogens with one attached hydrogen (secondary N) is 1. The molecule has 1 N–H and O–H groups in total. The van der Waals surface area contributed by atoms with Gasteiger partial charge in [-0.2, -0.15) is 10.1 Å². The Hall–Kier alpha value is -1.51. The van der Waals surface area contributed by atoms with Crippen molar-refractivity contribution in [1.82, 2.24) is 9.78 Å². The maximum Gasteiger partial charge on any atom is 1.00 e. The number of H-pyrrole nitrogens is 1. The van der Waals surface area contributed by atoms with E-state index in [2.05, 4.69) is 10.2 Å². The van der Waals surface area contributed by atoms with Crippen LogP contribution < -0.4 is 74.8 Å². The van der Waals surface area contributed by atoms with Gasteiger partial charge < -0.3 is 14.5 Å². The van der Waals surface area contributed by atoms with E-state index in [9.17, 15) is 32.5 Å². The van der Waals surface area contributed by atoms with Crippen LogP contribution in [0.25, 0.3) is 6.08 Å². The molecule has 0 saturated carbocycles. The number of carbonyl (C=O) groups excluding carboxylic acids is 2. The monoisotopic (exact) mass is 492 g/mol. The molecule has 0 saturated heterocycles. The van der Waals surface area contributed by atoms with Gasteiger partial charge in [-0.25, -0.2) is 13.1 Å². The summed E-state index contributed by atoms with van der Waals surface area (Å²) in [4.78, 5) is 36.0. The second-order valence-electron chi connectivity index (χ2n) is 6.64. The van der Waals surface area contributed by atoms with Crippen molar-refractivity contribution < 1.29 is 86.8 Å². The van der Waals surface area contributed by atoms with E-state index in [-0.39, 0.29) is 75.9 Å². The predicted molar refractivity (Wildman–Crippen MR) is 107 cm³/mol. The zero-order valence-electron chi connectivity index (χ0n) is 18.6. The zero-order chi connectivity index (χ0) is 22.9. The molecule has 1 aromatic heterocycles. The van der Waals surface area contributed by atoms with Crippen molar-refractivity contribution in [2.75, 3.05) is 5.01 Å². The molecule has 0 unspecified atom stereocenters. The Morgan fingerprint density at radius 3 is 2.21 bits per heavy atom. The molecule has 0 bridgehead atoms. The molecule has 1 aromatic carbocycles. The molecular weight excluding hydrogens is 474 g/mol. The van der Waals surface area contributed by atoms with Gasteiger partial charge in [0.25, 0.3) is 11.5 Å². The number of carboxylic acid groups (broad SMARTS) is 1. The van der Waals surface area contributed by atoms with E-state index in [1.54, 1.807) is 13.8 Å². The van der Waals surface area contributed by atoms with Crippen LogP contribution in [0.15, 0.2) is 44.6 Å². The van der Waals surface area contributed by atoms with Crippen molar-refractivity contribution in [3.63, 3.8) is 0 Å². The van der Waals surface area contributed by atoms with E-state index in [1.807, 2.05) is 0 Å². The second kappa shape index (κ2) is 11.8. The molecule has 0 spiro atoms. The van der Waals surface area contributed by atoms with Gasteiger partial charge in [-0.05, 0) is 43.2 Å². The third-order valence-corrected chi connectivity index (χ3v) is 5.51. The first kappa shape index (κ1) is 29.5. The third-order valence-electron chi connectivity index (χ3n) is 4.66. The second-order valence-corrected chi connectivity index (χ2v) is 8.02. The molecule has 0 aliphatic carbocycles. The standard InChI is InChI=1S/C19H20N4O7S.2Na/c1-3-15-13(18(26)22(20-15)10-17(24)25)9-14-16(4-2)21-23(19(14)27)11-5-7-12(8-6-11)31(28,29)30;;/h5-9,20H,3-4,10H2,1-2H3,(H,24,25)(H,28,29,30);;/q;2*+1/p-2. The molecular formula is C19H18N4Na2O7S. The number of hydrogen-bond donors (Lipinski definition) is 1. The first-order chi connectivity index (χ1) is 14.6. The smallest absolute Gasteiger partial charge is 0.744 e. The number of nitrogens with zero attached hydrogens (tertiary/aromatic N) is 3. The van der Waals surface area contributed by atoms with Gasteiger partial charge in [0.2, 0.25) is 0 Å². The van der Waals surface area contributed by atoms with Crippen LogP contribution in [0.2, 0.25) is 0 Å². The molecule has 14 heteroatoms. The van der Waals surface area contributed by atoms with Gasteiger partial charge in [0, 0.05) is 5.69 Å². The molecule has 0 atom stereocenters. The maximum atomic E-state index is 13.0. The van der Waals surface area contributed by atoms with Crippen LogP contribution in [-0.4, -0.2) is 40.3 Å². The molecule has 1 aliphatic heterocycles. The average Bonchev–Trinajstić information content (AvgIpc) is 3.18. The summed E-state index contributed by atoms with van der Waals surface area (Å²) in [5.74, 6) is -1.99. The molecule has 2 aromatic rings. The first-order valence-corrected chi connectivity index (χ1v) is 10.7. The number of carboxylic acids is 1. The Morgan fingerprint density at radius 1 is 1.12 bits per heavy atom. The number of aromatic nitrogens is 2. The molecule has 1 amide bonds. The number of hydrazone groups is 1. The van der Waals surface area contributed by atoms with Crippen LogP contribution in [0, 0.1) is 0 Å². The molecule has 164 valence electrons. The van der Waals surface area contributed by atoms with Crippen molar-refractivity contribution >= 4 is 39.5 Å². The van der Waals surface area contributed by atoms with Gasteiger partial charge >= 0.3 is 59.1 Å². The van der Waals surface area contributed by atoms with Gasteiger partial charge in [-0.3, -0.25) is 14.7 Å². The summed E-state index contributed by atoms with van der Waals surface area (Å²) < 4.78 is 34.2. The topological polar surface area (TPSA) is 168 Å². The van der Waals surface area contributed by atoms with Gasteiger partial charge in [-0.15, -0.1) is 0 Å². The number of aryl methyl sites for hydroxylation is 1. The van der Waals surface area contributed by atoms with Crippen LogP contribution >= 0.6 is 0 Å². The van der Waals surface area contributed by atoms with Gasteiger partial charge in [-0.1, -0.05) is 13.8 Å². The molecule has 2 heterocycles. The summed E-state index contributed by atoms with van der Waals surface area (Å²) in [5, 5.41) is 18.9. The van der Waals surface area contributed by atoms with Crippen LogP contribution in [-0.2, 0) is 32.7 Å². The number of aliphatic carboxylic acids is 1. The molecule has 0 radical (unpaired) electrons. The average molecular weight is 492 g/mol. The minimum Gasteiger partial charge on any atom is -0.744 e. The summed E-state index contributed by atoms with van der Waals surface area (Å²) in [7, 11) is -4.63. The Bertz CT molecular complexity index is 1280. The summed E-state index contributed by atoms with van der Waals surface area (Å²) in [6, 6.07) is 4.72. The van der Waals surface area contributed by atoms with E-state index in [1.165, 1.54) is 18.2 Å². The summed E-state index contributed by atoms with van der Waals surface area (Å²) >= 11 is 0. The number of anilines is 1. The van der Waals surface area contributed by atoms with Gasteiger partial charge in [0.15, 0.2) is 0 Å². The fourth-order valence-corrected chi connectivity index (χ4v) is 3.61. The van der Waals surface area contributed by atoms with Crippen molar-refractivity contribution in [3.05, 3.63) is 51.4 Å². The van der Waals surface area contributed by atoms with E-state index < -0.39 is 39.0 Å². The van der Waals surface area contributed by atoms with Crippen molar-refractivity contribution in [3.8, 4) is 0 Å². The first-order valence-electron chi connectivity index (χ1n) is 9.28. The van der Waals surface area contributed by atoms with E-state index >= 15 is 0 Å². The third kappa shape index (κ3) is 6.34. The number of rotatable bonds is 7. The Balaban J connectivity index is 0.00000272. The largest absolute Gasteiger partial charge is 1.00 e. The summed E-state index contributed by atoms with van der Waals surface area (Å²) in [6.45, 7) is 2.88. The predicted octanol–water partition coefficient (Wildman–Crippen LogP) is -6.40.